The molecule has 0 radical (unpaired) electrons. The van der Waals surface area contributed by atoms with Crippen LogP contribution in [-0.4, -0.2) is 24.8 Å². The van der Waals surface area contributed by atoms with Gasteiger partial charge in [-0.3, -0.25) is 0 Å². The molecule has 0 aromatic rings. The Morgan fingerprint density at radius 2 is 1.89 bits per heavy atom. The summed E-state index contributed by atoms with van der Waals surface area (Å²) in [6, 6.07) is 0. The van der Waals surface area contributed by atoms with Crippen molar-refractivity contribution < 1.29 is 4.74 Å². The van der Waals surface area contributed by atoms with Gasteiger partial charge in [-0.1, -0.05) is 19.3 Å². The Hall–Kier alpha value is -0.0800. The first kappa shape index (κ1) is 15.3. The minimum Gasteiger partial charge on any atom is -0.378 e. The third kappa shape index (κ3) is 5.07. The highest BCUT2D eigenvalue weighted by molar-refractivity contribution is 4.89. The van der Waals surface area contributed by atoms with Gasteiger partial charge in [0.05, 0.1) is 6.10 Å². The van der Waals surface area contributed by atoms with Crippen LogP contribution in [0.3, 0.4) is 0 Å². The predicted molar refractivity (Wildman–Crippen MR) is 81.5 cm³/mol. The van der Waals surface area contributed by atoms with E-state index in [1.807, 2.05) is 0 Å². The number of nitrogens with one attached hydrogen (secondary N) is 1. The standard InChI is InChI=1S/C17H33NO/c1-16(2,3)18-14-17(10-4-5-11-17)12-6-8-15-9-7-13-19-15/h15,18H,4-14H2,1-3H3. The Bertz CT molecular complexity index is 257. The minimum absolute atomic E-state index is 0.254. The molecule has 2 aliphatic rings. The SMILES string of the molecule is CC(C)(C)NCC1(CCCC2CCCO2)CCCC1. The highest BCUT2D eigenvalue weighted by Crippen LogP contribution is 2.42. The molecular weight excluding hydrogens is 234 g/mol. The van der Waals surface area contributed by atoms with Crippen LogP contribution in [0.15, 0.2) is 0 Å². The summed E-state index contributed by atoms with van der Waals surface area (Å²) in [7, 11) is 0. The van der Waals surface area contributed by atoms with Crippen molar-refractivity contribution in [3.05, 3.63) is 0 Å². The zero-order chi connectivity index (χ0) is 13.8. The zero-order valence-corrected chi connectivity index (χ0v) is 13.3. The lowest BCUT2D eigenvalue weighted by Crippen LogP contribution is -2.43. The maximum Gasteiger partial charge on any atom is 0.0576 e. The van der Waals surface area contributed by atoms with E-state index in [4.69, 9.17) is 4.74 Å². The monoisotopic (exact) mass is 267 g/mol. The molecule has 2 nitrogen and oxygen atoms in total. The van der Waals surface area contributed by atoms with Gasteiger partial charge in [0, 0.05) is 18.7 Å². The van der Waals surface area contributed by atoms with E-state index >= 15 is 0 Å². The molecule has 19 heavy (non-hydrogen) atoms. The van der Waals surface area contributed by atoms with E-state index in [2.05, 4.69) is 26.1 Å². The summed E-state index contributed by atoms with van der Waals surface area (Å²) >= 11 is 0. The Morgan fingerprint density at radius 3 is 2.47 bits per heavy atom. The molecule has 1 N–H and O–H groups in total. The van der Waals surface area contributed by atoms with Crippen LogP contribution in [0.5, 0.6) is 0 Å². The maximum atomic E-state index is 5.75. The summed E-state index contributed by atoms with van der Waals surface area (Å²) in [5.41, 5.74) is 0.843. The normalized spacial score (nSPS) is 27.0. The van der Waals surface area contributed by atoms with Gasteiger partial charge in [0.25, 0.3) is 0 Å². The summed E-state index contributed by atoms with van der Waals surface area (Å²) in [4.78, 5) is 0. The molecule has 2 rings (SSSR count). The van der Waals surface area contributed by atoms with Gasteiger partial charge in [-0.2, -0.15) is 0 Å². The van der Waals surface area contributed by atoms with Crippen LogP contribution in [0.25, 0.3) is 0 Å². The van der Waals surface area contributed by atoms with E-state index in [9.17, 15) is 0 Å². The number of hydrogen-bond acceptors (Lipinski definition) is 2. The van der Waals surface area contributed by atoms with E-state index in [-0.39, 0.29) is 5.54 Å². The van der Waals surface area contributed by atoms with Crippen molar-refractivity contribution in [1.29, 1.82) is 0 Å². The molecule has 0 bridgehead atoms. The average Bonchev–Trinajstić information content (AvgIpc) is 2.97. The first-order valence-electron chi connectivity index (χ1n) is 8.36. The van der Waals surface area contributed by atoms with Crippen molar-refractivity contribution in [2.75, 3.05) is 13.2 Å². The lowest BCUT2D eigenvalue weighted by Gasteiger charge is -2.34. The number of rotatable bonds is 6. The molecule has 1 aliphatic carbocycles. The molecule has 0 aromatic heterocycles. The third-order valence-corrected chi connectivity index (χ3v) is 4.92. The Kier molecular flexibility index (Phi) is 5.30. The van der Waals surface area contributed by atoms with Gasteiger partial charge in [0.15, 0.2) is 0 Å². The molecule has 1 heterocycles. The van der Waals surface area contributed by atoms with Crippen LogP contribution < -0.4 is 5.32 Å². The summed E-state index contributed by atoms with van der Waals surface area (Å²) in [6.07, 6.45) is 12.9. The van der Waals surface area contributed by atoms with Crippen LogP contribution in [0.1, 0.15) is 78.6 Å². The van der Waals surface area contributed by atoms with Crippen molar-refractivity contribution in [2.24, 2.45) is 5.41 Å². The van der Waals surface area contributed by atoms with Crippen LogP contribution in [-0.2, 0) is 4.74 Å². The second-order valence-corrected chi connectivity index (χ2v) is 7.84. The molecule has 2 heteroatoms. The number of ether oxygens (including phenoxy) is 1. The highest BCUT2D eigenvalue weighted by Gasteiger charge is 2.34. The van der Waals surface area contributed by atoms with Crippen molar-refractivity contribution in [3.63, 3.8) is 0 Å². The van der Waals surface area contributed by atoms with E-state index in [0.29, 0.717) is 11.5 Å². The summed E-state index contributed by atoms with van der Waals surface area (Å²) < 4.78 is 5.75. The number of hydrogen-bond donors (Lipinski definition) is 1. The fourth-order valence-electron chi connectivity index (χ4n) is 3.67. The predicted octanol–water partition coefficient (Wildman–Crippen LogP) is 4.28. The van der Waals surface area contributed by atoms with Crippen LogP contribution >= 0.6 is 0 Å². The summed E-state index contributed by atoms with van der Waals surface area (Å²) in [5, 5.41) is 3.75. The van der Waals surface area contributed by atoms with Crippen molar-refractivity contribution in [2.45, 2.75) is 90.2 Å². The molecule has 112 valence electrons. The van der Waals surface area contributed by atoms with Gasteiger partial charge in [0.1, 0.15) is 0 Å². The van der Waals surface area contributed by atoms with Gasteiger partial charge in [-0.15, -0.1) is 0 Å². The van der Waals surface area contributed by atoms with Crippen LogP contribution in [0.2, 0.25) is 0 Å². The molecule has 1 unspecified atom stereocenters. The van der Waals surface area contributed by atoms with Crippen LogP contribution in [0.4, 0.5) is 0 Å². The highest BCUT2D eigenvalue weighted by atomic mass is 16.5. The van der Waals surface area contributed by atoms with Gasteiger partial charge in [-0.05, 0) is 64.7 Å². The second-order valence-electron chi connectivity index (χ2n) is 7.84. The van der Waals surface area contributed by atoms with Crippen molar-refractivity contribution >= 4 is 0 Å². The summed E-state index contributed by atoms with van der Waals surface area (Å²) in [6.45, 7) is 9.05. The van der Waals surface area contributed by atoms with Crippen molar-refractivity contribution in [1.82, 2.24) is 5.32 Å². The fraction of sp³-hybridized carbons (Fsp3) is 1.00. The lowest BCUT2D eigenvalue weighted by molar-refractivity contribution is 0.0966. The van der Waals surface area contributed by atoms with E-state index in [1.54, 1.807) is 0 Å². The minimum atomic E-state index is 0.254. The fourth-order valence-corrected chi connectivity index (χ4v) is 3.67. The average molecular weight is 267 g/mol. The summed E-state index contributed by atoms with van der Waals surface area (Å²) in [5.74, 6) is 0. The molecule has 1 aliphatic heterocycles. The van der Waals surface area contributed by atoms with Gasteiger partial charge >= 0.3 is 0 Å². The quantitative estimate of drug-likeness (QED) is 0.775. The molecule has 0 spiro atoms. The van der Waals surface area contributed by atoms with E-state index in [0.717, 1.165) is 6.61 Å². The first-order chi connectivity index (χ1) is 8.99. The van der Waals surface area contributed by atoms with Gasteiger partial charge < -0.3 is 10.1 Å². The van der Waals surface area contributed by atoms with Gasteiger partial charge in [-0.25, -0.2) is 0 Å². The lowest BCUT2D eigenvalue weighted by atomic mass is 9.80. The molecule has 0 amide bonds. The molecule has 2 fully saturated rings. The topological polar surface area (TPSA) is 21.3 Å². The molecule has 1 saturated heterocycles. The molecule has 1 atom stereocenters. The van der Waals surface area contributed by atoms with E-state index < -0.39 is 0 Å². The Labute approximate surface area is 119 Å². The third-order valence-electron chi connectivity index (χ3n) is 4.92. The maximum absolute atomic E-state index is 5.75. The largest absolute Gasteiger partial charge is 0.378 e. The van der Waals surface area contributed by atoms with Gasteiger partial charge in [0.2, 0.25) is 0 Å². The van der Waals surface area contributed by atoms with Crippen LogP contribution in [0, 0.1) is 5.41 Å². The Morgan fingerprint density at radius 1 is 1.16 bits per heavy atom. The molecule has 1 saturated carbocycles. The second kappa shape index (κ2) is 6.58. The van der Waals surface area contributed by atoms with Crippen molar-refractivity contribution in [3.8, 4) is 0 Å². The Balaban J connectivity index is 1.74. The van der Waals surface area contributed by atoms with E-state index in [1.165, 1.54) is 64.3 Å². The smallest absolute Gasteiger partial charge is 0.0576 e. The first-order valence-corrected chi connectivity index (χ1v) is 8.36. The molecule has 0 aromatic carbocycles. The zero-order valence-electron chi connectivity index (χ0n) is 13.3. The molecular formula is C17H33NO.